The van der Waals surface area contributed by atoms with E-state index in [0.717, 1.165) is 25.7 Å². The van der Waals surface area contributed by atoms with Gasteiger partial charge in [-0.25, -0.2) is 4.79 Å². The van der Waals surface area contributed by atoms with Gasteiger partial charge in [0.15, 0.2) is 0 Å². The molecule has 0 unspecified atom stereocenters. The van der Waals surface area contributed by atoms with Crippen LogP contribution in [0.1, 0.15) is 38.2 Å². The van der Waals surface area contributed by atoms with Gasteiger partial charge in [-0.05, 0) is 43.7 Å². The van der Waals surface area contributed by atoms with E-state index in [2.05, 4.69) is 31.7 Å². The predicted octanol–water partition coefficient (Wildman–Crippen LogP) is 3.96. The summed E-state index contributed by atoms with van der Waals surface area (Å²) in [6.07, 6.45) is 5.77. The first-order valence-corrected chi connectivity index (χ1v) is 9.44. The molecular weight excluding hydrogens is 328 g/mol. The molecule has 3 aliphatic rings. The van der Waals surface area contributed by atoms with Crippen molar-refractivity contribution in [2.75, 3.05) is 6.61 Å². The number of epoxide rings is 1. The summed E-state index contributed by atoms with van der Waals surface area (Å²) < 4.78 is 17.5. The van der Waals surface area contributed by atoms with Gasteiger partial charge >= 0.3 is 5.97 Å². The van der Waals surface area contributed by atoms with Crippen molar-refractivity contribution in [1.29, 1.82) is 0 Å². The number of carbonyl (C=O) groups is 1. The Morgan fingerprint density at radius 3 is 2.88 bits per heavy atom. The van der Waals surface area contributed by atoms with E-state index in [9.17, 15) is 4.79 Å². The van der Waals surface area contributed by atoms with Crippen molar-refractivity contribution < 1.29 is 19.0 Å². The molecule has 0 radical (unpaired) electrons. The zero-order chi connectivity index (χ0) is 18.1. The molecule has 0 bridgehead atoms. The Bertz CT molecular complexity index is 723. The second-order valence-corrected chi connectivity index (χ2v) is 7.77. The smallest absolute Gasteiger partial charge is 0.334 e. The SMILES string of the molecule is C=C1C(=O)O[C@@H]2[C@H]3O[C@]3(C)CC/C=C(/COCc3ccccc3)CC[C@@H]12. The number of hydrogen-bond donors (Lipinski definition) is 0. The second-order valence-electron chi connectivity index (χ2n) is 7.77. The van der Waals surface area contributed by atoms with Gasteiger partial charge in [-0.1, -0.05) is 43.0 Å². The first-order chi connectivity index (χ1) is 12.6. The van der Waals surface area contributed by atoms with Crippen LogP contribution >= 0.6 is 0 Å². The van der Waals surface area contributed by atoms with E-state index in [4.69, 9.17) is 14.2 Å². The Hall–Kier alpha value is -1.91. The lowest BCUT2D eigenvalue weighted by molar-refractivity contribution is -0.140. The van der Waals surface area contributed by atoms with Crippen LogP contribution in [0.25, 0.3) is 0 Å². The Morgan fingerprint density at radius 2 is 2.08 bits per heavy atom. The van der Waals surface area contributed by atoms with Crippen molar-refractivity contribution in [3.05, 3.63) is 59.7 Å². The first kappa shape index (κ1) is 17.5. The number of allylic oxidation sites excluding steroid dienone is 1. The molecule has 1 aromatic rings. The highest BCUT2D eigenvalue weighted by atomic mass is 16.6. The number of ether oxygens (including phenoxy) is 3. The van der Waals surface area contributed by atoms with Crippen LogP contribution in [0.2, 0.25) is 0 Å². The highest BCUT2D eigenvalue weighted by molar-refractivity contribution is 5.91. The molecule has 26 heavy (non-hydrogen) atoms. The van der Waals surface area contributed by atoms with Gasteiger partial charge in [-0.2, -0.15) is 0 Å². The van der Waals surface area contributed by atoms with E-state index in [1.165, 1.54) is 11.1 Å². The normalized spacial score (nSPS) is 35.7. The van der Waals surface area contributed by atoms with Crippen molar-refractivity contribution >= 4 is 5.97 Å². The summed E-state index contributed by atoms with van der Waals surface area (Å²) in [5.41, 5.74) is 2.88. The summed E-state index contributed by atoms with van der Waals surface area (Å²) in [4.78, 5) is 12.0. The summed E-state index contributed by atoms with van der Waals surface area (Å²) in [7, 11) is 0. The van der Waals surface area contributed by atoms with Gasteiger partial charge in [0.25, 0.3) is 0 Å². The maximum Gasteiger partial charge on any atom is 0.334 e. The number of esters is 1. The van der Waals surface area contributed by atoms with Crippen molar-refractivity contribution in [1.82, 2.24) is 0 Å². The lowest BCUT2D eigenvalue weighted by Crippen LogP contribution is -2.29. The topological polar surface area (TPSA) is 48.1 Å². The van der Waals surface area contributed by atoms with Gasteiger partial charge in [0, 0.05) is 11.5 Å². The van der Waals surface area contributed by atoms with Crippen molar-refractivity contribution in [3.8, 4) is 0 Å². The highest BCUT2D eigenvalue weighted by Gasteiger charge is 2.61. The van der Waals surface area contributed by atoms with Gasteiger partial charge in [-0.3, -0.25) is 0 Å². The largest absolute Gasteiger partial charge is 0.455 e. The summed E-state index contributed by atoms with van der Waals surface area (Å²) in [6.45, 7) is 7.32. The van der Waals surface area contributed by atoms with Crippen molar-refractivity contribution in [3.63, 3.8) is 0 Å². The third-order valence-electron chi connectivity index (χ3n) is 5.84. The molecule has 4 rings (SSSR count). The number of carbonyl (C=O) groups excluding carboxylic acids is 1. The third kappa shape index (κ3) is 3.49. The third-order valence-corrected chi connectivity index (χ3v) is 5.84. The Labute approximate surface area is 154 Å². The van der Waals surface area contributed by atoms with E-state index >= 15 is 0 Å². The van der Waals surface area contributed by atoms with E-state index in [0.29, 0.717) is 18.8 Å². The quantitative estimate of drug-likeness (QED) is 0.355. The van der Waals surface area contributed by atoms with E-state index in [1.807, 2.05) is 18.2 Å². The number of fused-ring (bicyclic) bond motifs is 3. The summed E-state index contributed by atoms with van der Waals surface area (Å²) in [5.74, 6) is -0.215. The average Bonchev–Trinajstić information content (AvgIpc) is 3.23. The standard InChI is InChI=1S/C22H26O4/c1-15-18-11-10-17(14-24-13-16-7-4-3-5-8-16)9-6-12-22(2)20(26-22)19(18)25-21(15)23/h3-5,7-9,18-20H,1,6,10-14H2,2H3/b17-9+/t18-,19-,20+,22+/m0/s1. The Balaban J connectivity index is 1.41. The maximum atomic E-state index is 12.0. The van der Waals surface area contributed by atoms with Crippen LogP contribution in [-0.4, -0.2) is 30.4 Å². The zero-order valence-corrected chi connectivity index (χ0v) is 15.3. The van der Waals surface area contributed by atoms with Crippen LogP contribution in [0.4, 0.5) is 0 Å². The molecule has 2 aliphatic heterocycles. The number of hydrogen-bond acceptors (Lipinski definition) is 4. The molecule has 0 aromatic heterocycles. The first-order valence-electron chi connectivity index (χ1n) is 9.44. The zero-order valence-electron chi connectivity index (χ0n) is 15.3. The van der Waals surface area contributed by atoms with Crippen molar-refractivity contribution in [2.45, 2.75) is 57.0 Å². The predicted molar refractivity (Wildman–Crippen MR) is 98.4 cm³/mol. The molecule has 4 heteroatoms. The number of benzene rings is 1. The summed E-state index contributed by atoms with van der Waals surface area (Å²) >= 11 is 0. The molecule has 0 spiro atoms. The summed E-state index contributed by atoms with van der Waals surface area (Å²) in [5, 5.41) is 0. The van der Waals surface area contributed by atoms with Crippen LogP contribution < -0.4 is 0 Å². The lowest BCUT2D eigenvalue weighted by atomic mass is 9.84. The lowest BCUT2D eigenvalue weighted by Gasteiger charge is -2.20. The van der Waals surface area contributed by atoms with Crippen LogP contribution in [0.5, 0.6) is 0 Å². The van der Waals surface area contributed by atoms with Gasteiger partial charge in [-0.15, -0.1) is 0 Å². The van der Waals surface area contributed by atoms with Crippen LogP contribution in [0.3, 0.4) is 0 Å². The molecule has 2 heterocycles. The molecule has 1 aromatic carbocycles. The fourth-order valence-electron chi connectivity index (χ4n) is 4.13. The second kappa shape index (κ2) is 7.01. The maximum absolute atomic E-state index is 12.0. The molecule has 0 amide bonds. The monoisotopic (exact) mass is 354 g/mol. The average molecular weight is 354 g/mol. The van der Waals surface area contributed by atoms with Crippen LogP contribution in [-0.2, 0) is 25.6 Å². The fourth-order valence-corrected chi connectivity index (χ4v) is 4.13. The van der Waals surface area contributed by atoms with Gasteiger partial charge in [0.05, 0.1) is 18.8 Å². The van der Waals surface area contributed by atoms with Gasteiger partial charge < -0.3 is 14.2 Å². The molecule has 0 N–H and O–H groups in total. The van der Waals surface area contributed by atoms with Crippen LogP contribution in [0.15, 0.2) is 54.1 Å². The minimum absolute atomic E-state index is 0.0139. The Kier molecular flexibility index (Phi) is 4.72. The summed E-state index contributed by atoms with van der Waals surface area (Å²) in [6, 6.07) is 10.2. The molecule has 4 nitrogen and oxygen atoms in total. The van der Waals surface area contributed by atoms with E-state index in [-0.39, 0.29) is 29.7 Å². The number of rotatable bonds is 4. The molecule has 2 fully saturated rings. The fraction of sp³-hybridized carbons (Fsp3) is 0.500. The highest BCUT2D eigenvalue weighted by Crippen LogP contribution is 2.49. The molecular formula is C22H26O4. The van der Waals surface area contributed by atoms with Crippen LogP contribution in [0, 0.1) is 5.92 Å². The molecule has 2 saturated heterocycles. The van der Waals surface area contributed by atoms with E-state index in [1.54, 1.807) is 0 Å². The minimum atomic E-state index is -0.261. The van der Waals surface area contributed by atoms with Gasteiger partial charge in [0.2, 0.25) is 0 Å². The van der Waals surface area contributed by atoms with Gasteiger partial charge in [0.1, 0.15) is 12.2 Å². The van der Waals surface area contributed by atoms with E-state index < -0.39 is 0 Å². The minimum Gasteiger partial charge on any atom is -0.455 e. The Morgan fingerprint density at radius 1 is 1.27 bits per heavy atom. The molecule has 138 valence electrons. The van der Waals surface area contributed by atoms with Crippen molar-refractivity contribution in [2.24, 2.45) is 5.92 Å². The molecule has 1 aliphatic carbocycles. The molecule has 0 saturated carbocycles. The molecule has 4 atom stereocenters.